The Morgan fingerprint density at radius 2 is 1.65 bits per heavy atom. The van der Waals surface area contributed by atoms with Gasteiger partial charge in [0.2, 0.25) is 15.9 Å². The molecule has 0 saturated carbocycles. The Bertz CT molecular complexity index is 1440. The molecule has 1 saturated heterocycles. The number of aliphatic carboxylic acids is 1. The second-order valence-corrected chi connectivity index (χ2v) is 11.7. The van der Waals surface area contributed by atoms with E-state index in [9.17, 15) is 27.9 Å². The summed E-state index contributed by atoms with van der Waals surface area (Å²) in [5, 5.41) is 12.3. The molecule has 0 aromatic heterocycles. The average molecular weight is 565 g/mol. The number of ketones is 1. The number of carboxylic acids is 1. The van der Waals surface area contributed by atoms with Gasteiger partial charge in [0, 0.05) is 19.4 Å². The zero-order valence-electron chi connectivity index (χ0n) is 22.2. The Hall–Kier alpha value is -4.02. The number of carbonyl (C=O) groups is 3. The number of amides is 1. The Labute approximate surface area is 233 Å². The van der Waals surface area contributed by atoms with Gasteiger partial charge in [0.05, 0.1) is 4.90 Å². The summed E-state index contributed by atoms with van der Waals surface area (Å²) >= 11 is 0. The normalized spacial score (nSPS) is 16.3. The first-order chi connectivity index (χ1) is 19.1. The lowest BCUT2D eigenvalue weighted by molar-refractivity contribution is -0.142. The molecule has 210 valence electrons. The highest BCUT2D eigenvalue weighted by molar-refractivity contribution is 7.89. The van der Waals surface area contributed by atoms with Crippen molar-refractivity contribution in [1.82, 2.24) is 9.62 Å². The van der Waals surface area contributed by atoms with E-state index < -0.39 is 34.0 Å². The third-order valence-corrected chi connectivity index (χ3v) is 8.68. The van der Waals surface area contributed by atoms with Gasteiger partial charge in [0.1, 0.15) is 24.4 Å². The molecular weight excluding hydrogens is 532 g/mol. The standard InChI is InChI=1S/C30H32N2O7S/c1-21-9-15-26(16-10-21)40(37,38)32-17-5-8-28(32)29(34)31-27(30(35)36)19-23-11-13-25(14-12-23)39-20-24(33)18-22-6-3-2-4-7-22/h2-4,6-7,9-16,27-28H,5,8,17-20H2,1H3,(H,31,34)(H,35,36)/t27-,28-/m0/s1. The van der Waals surface area contributed by atoms with Crippen LogP contribution >= 0.6 is 0 Å². The number of sulfonamides is 1. The van der Waals surface area contributed by atoms with Gasteiger partial charge in [-0.05, 0) is 55.2 Å². The number of nitrogens with one attached hydrogen (secondary N) is 1. The van der Waals surface area contributed by atoms with Gasteiger partial charge in [-0.15, -0.1) is 0 Å². The fourth-order valence-corrected chi connectivity index (χ4v) is 6.26. The largest absolute Gasteiger partial charge is 0.486 e. The maximum absolute atomic E-state index is 13.2. The van der Waals surface area contributed by atoms with Crippen LogP contribution < -0.4 is 10.1 Å². The van der Waals surface area contributed by atoms with Gasteiger partial charge < -0.3 is 15.2 Å². The van der Waals surface area contributed by atoms with Gasteiger partial charge >= 0.3 is 5.97 Å². The summed E-state index contributed by atoms with van der Waals surface area (Å²) in [4.78, 5) is 37.4. The van der Waals surface area contributed by atoms with E-state index in [2.05, 4.69) is 5.32 Å². The average Bonchev–Trinajstić information content (AvgIpc) is 3.44. The highest BCUT2D eigenvalue weighted by atomic mass is 32.2. The molecule has 1 heterocycles. The molecule has 1 aliphatic heterocycles. The van der Waals surface area contributed by atoms with E-state index in [1.165, 1.54) is 12.1 Å². The maximum Gasteiger partial charge on any atom is 0.326 e. The number of carboxylic acid groups (broad SMARTS) is 1. The lowest BCUT2D eigenvalue weighted by Gasteiger charge is -2.25. The minimum Gasteiger partial charge on any atom is -0.486 e. The number of nitrogens with zero attached hydrogens (tertiary/aromatic N) is 1. The van der Waals surface area contributed by atoms with Crippen LogP contribution in [0.3, 0.4) is 0 Å². The van der Waals surface area contributed by atoms with E-state index in [0.29, 0.717) is 24.2 Å². The van der Waals surface area contributed by atoms with Gasteiger partial charge in [-0.25, -0.2) is 13.2 Å². The first-order valence-corrected chi connectivity index (χ1v) is 14.5. The molecule has 1 aliphatic rings. The number of ether oxygens (including phenoxy) is 1. The summed E-state index contributed by atoms with van der Waals surface area (Å²) in [6.07, 6.45) is 1.06. The van der Waals surface area contributed by atoms with Gasteiger partial charge in [0.15, 0.2) is 5.78 Å². The van der Waals surface area contributed by atoms with Gasteiger partial charge in [-0.2, -0.15) is 4.31 Å². The van der Waals surface area contributed by atoms with Crippen molar-refractivity contribution >= 4 is 27.7 Å². The molecule has 2 N–H and O–H groups in total. The molecule has 9 nitrogen and oxygen atoms in total. The fourth-order valence-electron chi connectivity index (χ4n) is 4.60. The molecule has 0 spiro atoms. The van der Waals surface area contributed by atoms with Gasteiger partial charge in [-0.3, -0.25) is 9.59 Å². The minimum absolute atomic E-state index is 0.00821. The van der Waals surface area contributed by atoms with E-state index in [4.69, 9.17) is 4.74 Å². The zero-order chi connectivity index (χ0) is 28.7. The molecule has 4 rings (SSSR count). The maximum atomic E-state index is 13.2. The molecule has 3 aromatic rings. The molecule has 2 atom stereocenters. The number of benzene rings is 3. The summed E-state index contributed by atoms with van der Waals surface area (Å²) in [5.41, 5.74) is 2.45. The van der Waals surface area contributed by atoms with Crippen LogP contribution in [0, 0.1) is 6.92 Å². The van der Waals surface area contributed by atoms with E-state index in [1.807, 2.05) is 37.3 Å². The highest BCUT2D eigenvalue weighted by Crippen LogP contribution is 2.26. The first-order valence-electron chi connectivity index (χ1n) is 13.0. The van der Waals surface area contributed by atoms with E-state index in [0.717, 1.165) is 15.4 Å². The summed E-state index contributed by atoms with van der Waals surface area (Å²) < 4.78 is 33.1. The van der Waals surface area contributed by atoms with Crippen molar-refractivity contribution in [1.29, 1.82) is 0 Å². The number of hydrogen-bond acceptors (Lipinski definition) is 6. The molecular formula is C30H32N2O7S. The molecule has 3 aromatic carbocycles. The van der Waals surface area contributed by atoms with E-state index in [-0.39, 0.29) is 36.7 Å². The first kappa shape index (κ1) is 29.0. The van der Waals surface area contributed by atoms with Crippen molar-refractivity contribution in [3.63, 3.8) is 0 Å². The monoisotopic (exact) mass is 564 g/mol. The van der Waals surface area contributed by atoms with E-state index >= 15 is 0 Å². The number of Topliss-reactive ketones (excluding diaryl/α,β-unsaturated/α-hetero) is 1. The Balaban J connectivity index is 1.34. The smallest absolute Gasteiger partial charge is 0.326 e. The quantitative estimate of drug-likeness (QED) is 0.346. The van der Waals surface area contributed by atoms with Crippen LogP contribution in [0.25, 0.3) is 0 Å². The second kappa shape index (κ2) is 12.9. The van der Waals surface area contributed by atoms with Crippen molar-refractivity contribution in [2.75, 3.05) is 13.2 Å². The molecule has 0 radical (unpaired) electrons. The van der Waals surface area contributed by atoms with Crippen LogP contribution in [-0.2, 0) is 37.2 Å². The minimum atomic E-state index is -3.91. The van der Waals surface area contributed by atoms with Crippen molar-refractivity contribution in [2.45, 2.75) is 49.6 Å². The van der Waals surface area contributed by atoms with Crippen molar-refractivity contribution in [3.05, 3.63) is 95.6 Å². The zero-order valence-corrected chi connectivity index (χ0v) is 23.0. The van der Waals surface area contributed by atoms with Crippen LogP contribution in [0.2, 0.25) is 0 Å². The van der Waals surface area contributed by atoms with Crippen molar-refractivity contribution in [3.8, 4) is 5.75 Å². The molecule has 40 heavy (non-hydrogen) atoms. The predicted molar refractivity (Wildman–Crippen MR) is 148 cm³/mol. The van der Waals surface area contributed by atoms with Crippen LogP contribution in [-0.4, -0.2) is 60.7 Å². The van der Waals surface area contributed by atoms with Crippen LogP contribution in [0.15, 0.2) is 83.8 Å². The predicted octanol–water partition coefficient (Wildman–Crippen LogP) is 3.15. The lowest BCUT2D eigenvalue weighted by Crippen LogP contribution is -2.51. The SMILES string of the molecule is Cc1ccc(S(=O)(=O)N2CCC[C@H]2C(=O)N[C@@H](Cc2ccc(OCC(=O)Cc3ccccc3)cc2)C(=O)O)cc1. The number of aryl methyl sites for hydroxylation is 1. The summed E-state index contributed by atoms with van der Waals surface area (Å²) in [7, 11) is -3.91. The van der Waals surface area contributed by atoms with Gasteiger partial charge in [0.25, 0.3) is 0 Å². The van der Waals surface area contributed by atoms with Gasteiger partial charge in [-0.1, -0.05) is 60.2 Å². The number of hydrogen-bond donors (Lipinski definition) is 2. The summed E-state index contributed by atoms with van der Waals surface area (Å²) in [5.74, 6) is -1.48. The second-order valence-electron chi connectivity index (χ2n) is 9.82. The topological polar surface area (TPSA) is 130 Å². The Morgan fingerprint density at radius 3 is 2.30 bits per heavy atom. The molecule has 0 bridgehead atoms. The van der Waals surface area contributed by atoms with Crippen LogP contribution in [0.4, 0.5) is 0 Å². The summed E-state index contributed by atoms with van der Waals surface area (Å²) in [6, 6.07) is 20.1. The lowest BCUT2D eigenvalue weighted by atomic mass is 10.1. The fraction of sp³-hybridized carbons (Fsp3) is 0.300. The van der Waals surface area contributed by atoms with Crippen molar-refractivity contribution in [2.24, 2.45) is 0 Å². The number of rotatable bonds is 12. The third kappa shape index (κ3) is 7.34. The molecule has 1 amide bonds. The summed E-state index contributed by atoms with van der Waals surface area (Å²) in [6.45, 7) is 1.94. The molecule has 0 unspecified atom stereocenters. The van der Waals surface area contributed by atoms with Crippen LogP contribution in [0.1, 0.15) is 29.5 Å². The molecule has 1 fully saturated rings. The van der Waals surface area contributed by atoms with E-state index in [1.54, 1.807) is 36.4 Å². The Morgan fingerprint density at radius 1 is 0.975 bits per heavy atom. The third-order valence-electron chi connectivity index (χ3n) is 6.76. The highest BCUT2D eigenvalue weighted by Gasteiger charge is 2.40. The van der Waals surface area contributed by atoms with Crippen molar-refractivity contribution < 1.29 is 32.6 Å². The number of carbonyl (C=O) groups excluding carboxylic acids is 2. The molecule has 0 aliphatic carbocycles. The molecule has 10 heteroatoms. The Kier molecular flexibility index (Phi) is 9.34. The van der Waals surface area contributed by atoms with Crippen LogP contribution in [0.5, 0.6) is 5.75 Å².